The van der Waals surface area contributed by atoms with Gasteiger partial charge in [-0.25, -0.2) is 0 Å². The summed E-state index contributed by atoms with van der Waals surface area (Å²) in [6.45, 7) is 2.73. The number of hydrogen-bond donors (Lipinski definition) is 1. The van der Waals surface area contributed by atoms with Gasteiger partial charge < -0.3 is 10.3 Å². The molecular formula is C8H16N4S. The second kappa shape index (κ2) is 5.24. The van der Waals surface area contributed by atoms with E-state index >= 15 is 0 Å². The van der Waals surface area contributed by atoms with Gasteiger partial charge >= 0.3 is 0 Å². The van der Waals surface area contributed by atoms with Gasteiger partial charge in [0.1, 0.15) is 11.6 Å². The van der Waals surface area contributed by atoms with Gasteiger partial charge in [0.2, 0.25) is 0 Å². The standard InChI is InChI=1S/C8H16N4S/c1-7-10-11-8(12(7)2)6-13-5-3-4-9/h3-6,9H2,1-2H3. The van der Waals surface area contributed by atoms with Crippen molar-refractivity contribution in [3.05, 3.63) is 11.6 Å². The van der Waals surface area contributed by atoms with E-state index < -0.39 is 0 Å². The normalized spacial score (nSPS) is 10.7. The minimum absolute atomic E-state index is 0.769. The monoisotopic (exact) mass is 200 g/mol. The van der Waals surface area contributed by atoms with Crippen LogP contribution >= 0.6 is 11.8 Å². The first-order valence-corrected chi connectivity index (χ1v) is 5.54. The molecule has 1 rings (SSSR count). The highest BCUT2D eigenvalue weighted by atomic mass is 32.2. The van der Waals surface area contributed by atoms with E-state index in [4.69, 9.17) is 5.73 Å². The molecule has 13 heavy (non-hydrogen) atoms. The lowest BCUT2D eigenvalue weighted by molar-refractivity contribution is 0.816. The summed E-state index contributed by atoms with van der Waals surface area (Å²) in [6, 6.07) is 0. The molecule has 0 saturated carbocycles. The summed E-state index contributed by atoms with van der Waals surface area (Å²) in [4.78, 5) is 0. The van der Waals surface area contributed by atoms with Crippen molar-refractivity contribution in [2.75, 3.05) is 12.3 Å². The fourth-order valence-electron chi connectivity index (χ4n) is 0.926. The average molecular weight is 200 g/mol. The predicted octanol–water partition coefficient (Wildman–Crippen LogP) is 0.706. The van der Waals surface area contributed by atoms with Gasteiger partial charge in [0, 0.05) is 7.05 Å². The van der Waals surface area contributed by atoms with Crippen LogP contribution in [0, 0.1) is 6.92 Å². The molecule has 0 amide bonds. The lowest BCUT2D eigenvalue weighted by Gasteiger charge is -2.00. The molecule has 74 valence electrons. The molecule has 5 heteroatoms. The fraction of sp³-hybridized carbons (Fsp3) is 0.750. The van der Waals surface area contributed by atoms with E-state index in [0.29, 0.717) is 0 Å². The number of aryl methyl sites for hydroxylation is 1. The summed E-state index contributed by atoms with van der Waals surface area (Å²) >= 11 is 1.86. The Kier molecular flexibility index (Phi) is 4.24. The Labute approximate surface area is 82.9 Å². The summed E-state index contributed by atoms with van der Waals surface area (Å²) in [5.41, 5.74) is 5.40. The van der Waals surface area contributed by atoms with Crippen molar-refractivity contribution in [2.24, 2.45) is 12.8 Å². The molecule has 0 spiro atoms. The van der Waals surface area contributed by atoms with Crippen molar-refractivity contribution in [3.63, 3.8) is 0 Å². The Morgan fingerprint density at radius 3 is 2.77 bits per heavy atom. The van der Waals surface area contributed by atoms with Crippen LogP contribution in [0.15, 0.2) is 0 Å². The third-order valence-corrected chi connectivity index (χ3v) is 2.95. The zero-order valence-electron chi connectivity index (χ0n) is 8.16. The molecule has 0 aliphatic rings. The molecule has 0 aliphatic carbocycles. The maximum absolute atomic E-state index is 5.40. The first kappa shape index (κ1) is 10.5. The van der Waals surface area contributed by atoms with Crippen LogP contribution in [0.1, 0.15) is 18.1 Å². The average Bonchev–Trinajstić information content (AvgIpc) is 2.43. The van der Waals surface area contributed by atoms with Crippen molar-refractivity contribution >= 4 is 11.8 Å². The quantitative estimate of drug-likeness (QED) is 0.711. The van der Waals surface area contributed by atoms with Crippen LogP contribution in [0.25, 0.3) is 0 Å². The molecule has 0 fully saturated rings. The maximum Gasteiger partial charge on any atom is 0.142 e. The first-order valence-electron chi connectivity index (χ1n) is 4.38. The largest absolute Gasteiger partial charge is 0.330 e. The Hall–Kier alpha value is -0.550. The summed E-state index contributed by atoms with van der Waals surface area (Å²) in [5.74, 6) is 4.04. The maximum atomic E-state index is 5.40. The third-order valence-electron chi connectivity index (χ3n) is 1.91. The smallest absolute Gasteiger partial charge is 0.142 e. The molecule has 0 aromatic carbocycles. The Morgan fingerprint density at radius 1 is 1.46 bits per heavy atom. The lowest BCUT2D eigenvalue weighted by Crippen LogP contribution is -2.01. The van der Waals surface area contributed by atoms with Gasteiger partial charge in [0.05, 0.1) is 5.75 Å². The highest BCUT2D eigenvalue weighted by Gasteiger charge is 2.03. The minimum atomic E-state index is 0.769. The van der Waals surface area contributed by atoms with E-state index in [2.05, 4.69) is 10.2 Å². The molecule has 0 aliphatic heterocycles. The molecule has 1 heterocycles. The van der Waals surface area contributed by atoms with Crippen LogP contribution in [0.5, 0.6) is 0 Å². The molecule has 0 atom stereocenters. The lowest BCUT2D eigenvalue weighted by atomic mass is 10.5. The van der Waals surface area contributed by atoms with Crippen LogP contribution in [0.3, 0.4) is 0 Å². The second-order valence-corrected chi connectivity index (χ2v) is 4.02. The molecular weight excluding hydrogens is 184 g/mol. The van der Waals surface area contributed by atoms with Gasteiger partial charge in [-0.05, 0) is 25.6 Å². The SMILES string of the molecule is Cc1nnc(CSCCCN)n1C. The van der Waals surface area contributed by atoms with E-state index in [-0.39, 0.29) is 0 Å². The Morgan fingerprint density at radius 2 is 2.23 bits per heavy atom. The van der Waals surface area contributed by atoms with Crippen LogP contribution in [-0.4, -0.2) is 27.1 Å². The van der Waals surface area contributed by atoms with E-state index in [1.165, 1.54) is 0 Å². The second-order valence-electron chi connectivity index (χ2n) is 2.92. The van der Waals surface area contributed by atoms with Crippen molar-refractivity contribution < 1.29 is 0 Å². The first-order chi connectivity index (χ1) is 6.25. The van der Waals surface area contributed by atoms with Gasteiger partial charge in [-0.3, -0.25) is 0 Å². The molecule has 1 aromatic heterocycles. The van der Waals surface area contributed by atoms with Crippen LogP contribution in [-0.2, 0) is 12.8 Å². The van der Waals surface area contributed by atoms with Crippen molar-refractivity contribution in [1.82, 2.24) is 14.8 Å². The van der Waals surface area contributed by atoms with E-state index in [9.17, 15) is 0 Å². The molecule has 4 nitrogen and oxygen atoms in total. The number of rotatable bonds is 5. The number of aromatic nitrogens is 3. The van der Waals surface area contributed by atoms with Crippen molar-refractivity contribution in [3.8, 4) is 0 Å². The minimum Gasteiger partial charge on any atom is -0.330 e. The molecule has 0 saturated heterocycles. The fourth-order valence-corrected chi connectivity index (χ4v) is 1.87. The topological polar surface area (TPSA) is 56.7 Å². The molecule has 0 unspecified atom stereocenters. The summed E-state index contributed by atoms with van der Waals surface area (Å²) in [6.07, 6.45) is 1.07. The predicted molar refractivity (Wildman–Crippen MR) is 55.6 cm³/mol. The highest BCUT2D eigenvalue weighted by molar-refractivity contribution is 7.98. The van der Waals surface area contributed by atoms with Crippen LogP contribution < -0.4 is 5.73 Å². The zero-order valence-corrected chi connectivity index (χ0v) is 8.97. The summed E-state index contributed by atoms with van der Waals surface area (Å²) in [5, 5.41) is 8.06. The number of nitrogens with zero attached hydrogens (tertiary/aromatic N) is 3. The van der Waals surface area contributed by atoms with E-state index in [1.54, 1.807) is 0 Å². The molecule has 2 N–H and O–H groups in total. The Balaban J connectivity index is 2.32. The van der Waals surface area contributed by atoms with E-state index in [0.717, 1.165) is 36.1 Å². The summed E-state index contributed by atoms with van der Waals surface area (Å²) < 4.78 is 2.02. The molecule has 1 aromatic rings. The number of hydrogen-bond acceptors (Lipinski definition) is 4. The number of nitrogens with two attached hydrogens (primary N) is 1. The Bertz CT molecular complexity index is 259. The summed E-state index contributed by atoms with van der Waals surface area (Å²) in [7, 11) is 1.99. The van der Waals surface area contributed by atoms with Gasteiger partial charge in [0.15, 0.2) is 0 Å². The van der Waals surface area contributed by atoms with Crippen molar-refractivity contribution in [2.45, 2.75) is 19.1 Å². The number of thioether (sulfide) groups is 1. The van der Waals surface area contributed by atoms with Gasteiger partial charge in [-0.1, -0.05) is 0 Å². The van der Waals surface area contributed by atoms with Gasteiger partial charge in [-0.15, -0.1) is 10.2 Å². The van der Waals surface area contributed by atoms with Crippen molar-refractivity contribution in [1.29, 1.82) is 0 Å². The zero-order chi connectivity index (χ0) is 9.68. The van der Waals surface area contributed by atoms with E-state index in [1.807, 2.05) is 30.3 Å². The third kappa shape index (κ3) is 3.00. The van der Waals surface area contributed by atoms with Crippen LogP contribution in [0.4, 0.5) is 0 Å². The highest BCUT2D eigenvalue weighted by Crippen LogP contribution is 2.10. The molecule has 0 bridgehead atoms. The van der Waals surface area contributed by atoms with Gasteiger partial charge in [-0.2, -0.15) is 11.8 Å². The molecule has 0 radical (unpaired) electrons. The van der Waals surface area contributed by atoms with Crippen LogP contribution in [0.2, 0.25) is 0 Å². The van der Waals surface area contributed by atoms with Gasteiger partial charge in [0.25, 0.3) is 0 Å².